The molecule has 174 valence electrons. The van der Waals surface area contributed by atoms with Crippen LogP contribution in [0.2, 0.25) is 18.1 Å². The molecule has 0 N–H and O–H groups in total. The highest BCUT2D eigenvalue weighted by Gasteiger charge is 2.62. The van der Waals surface area contributed by atoms with Crippen LogP contribution in [0.3, 0.4) is 0 Å². The average molecular weight is 443 g/mol. The Balaban J connectivity index is 1.66. The lowest BCUT2D eigenvalue weighted by Gasteiger charge is -2.60. The third-order valence-electron chi connectivity index (χ3n) is 10.8. The Morgan fingerprint density at radius 1 is 1.16 bits per heavy atom. The van der Waals surface area contributed by atoms with Crippen molar-refractivity contribution in [3.05, 3.63) is 24.3 Å². The maximum atomic E-state index is 12.3. The highest BCUT2D eigenvalue weighted by molar-refractivity contribution is 6.74. The summed E-state index contributed by atoms with van der Waals surface area (Å²) in [6, 6.07) is 0. The van der Waals surface area contributed by atoms with Crippen molar-refractivity contribution in [2.45, 2.75) is 110 Å². The molecule has 0 amide bonds. The van der Waals surface area contributed by atoms with Crippen LogP contribution in [0.25, 0.3) is 0 Å². The molecular weight excluding hydrogens is 396 g/mol. The fraction of sp³-hybridized carbons (Fsp3) is 0.821. The van der Waals surface area contributed by atoms with Crippen molar-refractivity contribution in [3.63, 3.8) is 0 Å². The zero-order valence-electron chi connectivity index (χ0n) is 21.2. The minimum atomic E-state index is -1.78. The van der Waals surface area contributed by atoms with Crippen LogP contribution in [-0.4, -0.2) is 20.2 Å². The lowest BCUT2D eigenvalue weighted by Crippen LogP contribution is -2.55. The highest BCUT2D eigenvalue weighted by Crippen LogP contribution is 2.67. The van der Waals surface area contributed by atoms with Crippen LogP contribution in [0.4, 0.5) is 0 Å². The topological polar surface area (TPSA) is 26.3 Å². The van der Waals surface area contributed by atoms with Crippen molar-refractivity contribution in [3.8, 4) is 0 Å². The molecular formula is C28H46O2Si. The van der Waals surface area contributed by atoms with Gasteiger partial charge in [0.1, 0.15) is 0 Å². The SMILES string of the molecule is C=CCC1CC2=CC(=O)CC[C@]2(C)[C@@H]2CC[C@]3(C)C(O[Si](C)(C)C(C)(C)C)CC[C@H]3[C@H]12. The second-order valence-corrected chi connectivity index (χ2v) is 18.1. The van der Waals surface area contributed by atoms with Crippen LogP contribution in [-0.2, 0) is 9.22 Å². The molecule has 0 saturated heterocycles. The fourth-order valence-electron chi connectivity index (χ4n) is 7.84. The lowest BCUT2D eigenvalue weighted by molar-refractivity contribution is -0.119. The number of hydrogen-bond donors (Lipinski definition) is 0. The molecule has 4 rings (SSSR count). The minimum Gasteiger partial charge on any atom is -0.413 e. The molecule has 0 bridgehead atoms. The van der Waals surface area contributed by atoms with E-state index in [1.54, 1.807) is 0 Å². The number of fused-ring (bicyclic) bond motifs is 5. The largest absolute Gasteiger partial charge is 0.413 e. The number of allylic oxidation sites excluding steroid dienone is 2. The summed E-state index contributed by atoms with van der Waals surface area (Å²) in [5.41, 5.74) is 2.00. The van der Waals surface area contributed by atoms with Gasteiger partial charge in [0, 0.05) is 6.42 Å². The Morgan fingerprint density at radius 2 is 1.87 bits per heavy atom. The Bertz CT molecular complexity index is 774. The van der Waals surface area contributed by atoms with E-state index in [0.717, 1.165) is 43.4 Å². The summed E-state index contributed by atoms with van der Waals surface area (Å²) in [5.74, 6) is 3.22. The van der Waals surface area contributed by atoms with Crippen LogP contribution in [0.5, 0.6) is 0 Å². The predicted molar refractivity (Wildman–Crippen MR) is 132 cm³/mol. The van der Waals surface area contributed by atoms with Gasteiger partial charge in [0.2, 0.25) is 0 Å². The second kappa shape index (κ2) is 7.69. The summed E-state index contributed by atoms with van der Waals surface area (Å²) in [7, 11) is -1.78. The van der Waals surface area contributed by atoms with Gasteiger partial charge in [-0.15, -0.1) is 6.58 Å². The van der Waals surface area contributed by atoms with Crippen LogP contribution >= 0.6 is 0 Å². The maximum Gasteiger partial charge on any atom is 0.192 e. The molecule has 3 heteroatoms. The van der Waals surface area contributed by atoms with Crippen molar-refractivity contribution < 1.29 is 9.22 Å². The van der Waals surface area contributed by atoms with Gasteiger partial charge in [-0.1, -0.05) is 46.3 Å². The van der Waals surface area contributed by atoms with Crippen LogP contribution in [0.15, 0.2) is 24.3 Å². The van der Waals surface area contributed by atoms with Gasteiger partial charge in [-0.25, -0.2) is 0 Å². The highest BCUT2D eigenvalue weighted by atomic mass is 28.4. The van der Waals surface area contributed by atoms with Crippen LogP contribution < -0.4 is 0 Å². The van der Waals surface area contributed by atoms with E-state index in [0.29, 0.717) is 23.2 Å². The summed E-state index contributed by atoms with van der Waals surface area (Å²) in [6.45, 7) is 21.1. The van der Waals surface area contributed by atoms with Gasteiger partial charge in [0.15, 0.2) is 14.1 Å². The Hall–Kier alpha value is -0.673. The predicted octanol–water partition coefficient (Wildman–Crippen LogP) is 7.71. The minimum absolute atomic E-state index is 0.232. The van der Waals surface area contributed by atoms with E-state index in [9.17, 15) is 4.79 Å². The summed E-state index contributed by atoms with van der Waals surface area (Å²) < 4.78 is 7.12. The molecule has 0 aromatic heterocycles. The zero-order valence-corrected chi connectivity index (χ0v) is 22.2. The average Bonchev–Trinajstić information content (AvgIpc) is 2.98. The molecule has 3 fully saturated rings. The van der Waals surface area contributed by atoms with Crippen molar-refractivity contribution >= 4 is 14.1 Å². The monoisotopic (exact) mass is 442 g/mol. The number of hydrogen-bond acceptors (Lipinski definition) is 2. The summed E-state index contributed by atoms with van der Waals surface area (Å²) in [5, 5.41) is 0.261. The van der Waals surface area contributed by atoms with Gasteiger partial charge in [-0.3, -0.25) is 4.79 Å². The molecule has 2 unspecified atom stereocenters. The molecule has 0 aromatic rings. The number of ketones is 1. The molecule has 0 spiro atoms. The van der Waals surface area contributed by atoms with E-state index < -0.39 is 8.32 Å². The molecule has 0 radical (unpaired) electrons. The Morgan fingerprint density at radius 3 is 2.52 bits per heavy atom. The maximum absolute atomic E-state index is 12.3. The first-order valence-corrected chi connectivity index (χ1v) is 15.8. The van der Waals surface area contributed by atoms with Gasteiger partial charge >= 0.3 is 0 Å². The van der Waals surface area contributed by atoms with Crippen molar-refractivity contribution in [1.82, 2.24) is 0 Å². The number of rotatable bonds is 4. The first-order valence-electron chi connectivity index (χ1n) is 12.9. The number of carbonyl (C=O) groups excluding carboxylic acids is 1. The molecule has 4 aliphatic rings. The summed E-state index contributed by atoms with van der Waals surface area (Å²) in [6.07, 6.45) is 13.7. The normalized spacial score (nSPS) is 43.0. The van der Waals surface area contributed by atoms with Gasteiger partial charge in [-0.05, 0) is 104 Å². The van der Waals surface area contributed by atoms with Gasteiger partial charge < -0.3 is 4.43 Å². The standard InChI is InChI=1S/C28H46O2Si/c1-9-10-19-17-20-18-21(29)13-15-27(20,5)23-14-16-28(6)22(25(19)23)11-12-24(28)30-31(7,8)26(2,3)4/h9,18-19,22-25H,1,10-17H2,2-8H3/t19?,22-,23+,24?,25-,27-,28-/m0/s1. The summed E-state index contributed by atoms with van der Waals surface area (Å²) in [4.78, 5) is 12.3. The van der Waals surface area contributed by atoms with E-state index >= 15 is 0 Å². The molecule has 31 heavy (non-hydrogen) atoms. The number of carbonyl (C=O) groups is 1. The first kappa shape index (κ1) is 23.5. The molecule has 0 aliphatic heterocycles. The molecule has 3 saturated carbocycles. The van der Waals surface area contributed by atoms with Crippen LogP contribution in [0.1, 0.15) is 86.0 Å². The molecule has 0 aromatic carbocycles. The van der Waals surface area contributed by atoms with E-state index in [1.807, 2.05) is 6.08 Å². The molecule has 7 atom stereocenters. The molecule has 4 aliphatic carbocycles. The van der Waals surface area contributed by atoms with Crippen molar-refractivity contribution in [2.75, 3.05) is 0 Å². The lowest BCUT2D eigenvalue weighted by atomic mass is 9.44. The van der Waals surface area contributed by atoms with Crippen molar-refractivity contribution in [2.24, 2.45) is 34.5 Å². The smallest absolute Gasteiger partial charge is 0.192 e. The molecule has 0 heterocycles. The fourth-order valence-corrected chi connectivity index (χ4v) is 9.29. The van der Waals surface area contributed by atoms with Gasteiger partial charge in [0.05, 0.1) is 6.10 Å². The van der Waals surface area contributed by atoms with E-state index in [-0.39, 0.29) is 10.5 Å². The van der Waals surface area contributed by atoms with Gasteiger partial charge in [0.25, 0.3) is 0 Å². The van der Waals surface area contributed by atoms with Gasteiger partial charge in [-0.2, -0.15) is 0 Å². The third-order valence-corrected chi connectivity index (χ3v) is 15.2. The quantitative estimate of drug-likeness (QED) is 0.329. The van der Waals surface area contributed by atoms with Crippen LogP contribution in [0, 0.1) is 34.5 Å². The van der Waals surface area contributed by atoms with E-state index in [1.165, 1.54) is 31.3 Å². The second-order valence-electron chi connectivity index (χ2n) is 13.3. The Kier molecular flexibility index (Phi) is 5.82. The van der Waals surface area contributed by atoms with E-state index in [4.69, 9.17) is 4.43 Å². The van der Waals surface area contributed by atoms with E-state index in [2.05, 4.69) is 60.4 Å². The third kappa shape index (κ3) is 3.66. The molecule has 2 nitrogen and oxygen atoms in total. The zero-order chi connectivity index (χ0) is 22.8. The van der Waals surface area contributed by atoms with Crippen molar-refractivity contribution in [1.29, 1.82) is 0 Å². The first-order chi connectivity index (χ1) is 14.3. The summed E-state index contributed by atoms with van der Waals surface area (Å²) >= 11 is 0. The Labute approximate surface area is 192 Å².